The smallest absolute Gasteiger partial charge is 0.134 e. The van der Waals surface area contributed by atoms with Crippen molar-refractivity contribution < 1.29 is 0 Å². The highest BCUT2D eigenvalue weighted by molar-refractivity contribution is 5.49. The van der Waals surface area contributed by atoms with Crippen molar-refractivity contribution in [2.45, 2.75) is 45.2 Å². The Bertz CT molecular complexity index is 343. The Balaban J connectivity index is 2.26. The van der Waals surface area contributed by atoms with Gasteiger partial charge in [-0.25, -0.2) is 9.97 Å². The molecule has 16 heavy (non-hydrogen) atoms. The van der Waals surface area contributed by atoms with Crippen molar-refractivity contribution in [3.8, 4) is 0 Å². The third kappa shape index (κ3) is 2.10. The maximum absolute atomic E-state index is 4.39. The van der Waals surface area contributed by atoms with Crippen LogP contribution in [-0.2, 0) is 0 Å². The molecule has 1 saturated heterocycles. The zero-order valence-electron chi connectivity index (χ0n) is 10.3. The molecule has 2 unspecified atom stereocenters. The van der Waals surface area contributed by atoms with Crippen LogP contribution >= 0.6 is 0 Å². The molecule has 0 saturated carbocycles. The lowest BCUT2D eigenvalue weighted by atomic mass is 9.97. The van der Waals surface area contributed by atoms with Gasteiger partial charge in [0.2, 0.25) is 0 Å². The lowest BCUT2D eigenvalue weighted by Gasteiger charge is -2.40. The Morgan fingerprint density at radius 1 is 1.25 bits per heavy atom. The van der Waals surface area contributed by atoms with E-state index < -0.39 is 0 Å². The third-order valence-electron chi connectivity index (χ3n) is 3.37. The summed E-state index contributed by atoms with van der Waals surface area (Å²) < 4.78 is 0. The van der Waals surface area contributed by atoms with Gasteiger partial charge >= 0.3 is 0 Å². The average Bonchev–Trinajstić information content (AvgIpc) is 2.29. The highest BCUT2D eigenvalue weighted by Crippen LogP contribution is 2.28. The molecule has 0 aliphatic carbocycles. The minimum Gasteiger partial charge on any atom is -0.373 e. The molecular formula is C12H20N4. The lowest BCUT2D eigenvalue weighted by Crippen LogP contribution is -2.44. The maximum atomic E-state index is 4.39. The van der Waals surface area contributed by atoms with Crippen LogP contribution in [0.1, 0.15) is 33.1 Å². The minimum atomic E-state index is 0.573. The van der Waals surface area contributed by atoms with Crippen LogP contribution in [0.25, 0.3) is 0 Å². The molecule has 1 aliphatic rings. The van der Waals surface area contributed by atoms with E-state index in [0.717, 1.165) is 11.6 Å². The second-order valence-corrected chi connectivity index (χ2v) is 4.55. The molecule has 0 radical (unpaired) electrons. The van der Waals surface area contributed by atoms with Gasteiger partial charge in [0, 0.05) is 25.2 Å². The van der Waals surface area contributed by atoms with Crippen molar-refractivity contribution in [1.82, 2.24) is 9.97 Å². The van der Waals surface area contributed by atoms with Crippen LogP contribution in [-0.4, -0.2) is 29.1 Å². The normalized spacial score (nSPS) is 25.6. The number of hydrogen-bond acceptors (Lipinski definition) is 4. The van der Waals surface area contributed by atoms with Crippen LogP contribution in [0.3, 0.4) is 0 Å². The van der Waals surface area contributed by atoms with Crippen LogP contribution in [0.5, 0.6) is 0 Å². The molecule has 4 nitrogen and oxygen atoms in total. The Morgan fingerprint density at radius 2 is 1.94 bits per heavy atom. The summed E-state index contributed by atoms with van der Waals surface area (Å²) in [5.41, 5.74) is 0. The topological polar surface area (TPSA) is 41.0 Å². The van der Waals surface area contributed by atoms with Gasteiger partial charge in [-0.1, -0.05) is 0 Å². The van der Waals surface area contributed by atoms with Gasteiger partial charge in [0.1, 0.15) is 18.0 Å². The standard InChI is InChI=1S/C12H20N4/c1-9-5-4-6-10(2)16(9)12-7-11(13-3)14-8-15-12/h7-10H,4-6H2,1-3H3,(H,13,14,15). The second-order valence-electron chi connectivity index (χ2n) is 4.55. The fourth-order valence-corrected chi connectivity index (χ4v) is 2.50. The number of nitrogens with zero attached hydrogens (tertiary/aromatic N) is 3. The monoisotopic (exact) mass is 220 g/mol. The number of hydrogen-bond donors (Lipinski definition) is 1. The van der Waals surface area contributed by atoms with E-state index in [1.165, 1.54) is 19.3 Å². The largest absolute Gasteiger partial charge is 0.373 e. The summed E-state index contributed by atoms with van der Waals surface area (Å²) in [6, 6.07) is 3.17. The van der Waals surface area contributed by atoms with Crippen LogP contribution in [0.2, 0.25) is 0 Å². The fraction of sp³-hybridized carbons (Fsp3) is 0.667. The van der Waals surface area contributed by atoms with Gasteiger partial charge < -0.3 is 10.2 Å². The third-order valence-corrected chi connectivity index (χ3v) is 3.37. The summed E-state index contributed by atoms with van der Waals surface area (Å²) in [4.78, 5) is 10.9. The van der Waals surface area contributed by atoms with Crippen molar-refractivity contribution in [3.63, 3.8) is 0 Å². The first-order valence-electron chi connectivity index (χ1n) is 6.00. The van der Waals surface area contributed by atoms with Gasteiger partial charge in [0.15, 0.2) is 0 Å². The average molecular weight is 220 g/mol. The molecule has 2 heterocycles. The SMILES string of the molecule is CNc1cc(N2C(C)CCCC2C)ncn1. The van der Waals surface area contributed by atoms with E-state index in [0.29, 0.717) is 12.1 Å². The molecule has 2 rings (SSSR count). The fourth-order valence-electron chi connectivity index (χ4n) is 2.50. The zero-order chi connectivity index (χ0) is 11.5. The molecule has 1 N–H and O–H groups in total. The zero-order valence-corrected chi connectivity index (χ0v) is 10.3. The molecule has 1 fully saturated rings. The van der Waals surface area contributed by atoms with E-state index in [9.17, 15) is 0 Å². The number of anilines is 2. The molecule has 0 bridgehead atoms. The quantitative estimate of drug-likeness (QED) is 0.830. The van der Waals surface area contributed by atoms with Crippen molar-refractivity contribution >= 4 is 11.6 Å². The van der Waals surface area contributed by atoms with Crippen molar-refractivity contribution in [1.29, 1.82) is 0 Å². The van der Waals surface area contributed by atoms with E-state index in [4.69, 9.17) is 0 Å². The van der Waals surface area contributed by atoms with E-state index in [1.807, 2.05) is 13.1 Å². The first kappa shape index (κ1) is 11.2. The Kier molecular flexibility index (Phi) is 3.27. The van der Waals surface area contributed by atoms with Crippen LogP contribution < -0.4 is 10.2 Å². The van der Waals surface area contributed by atoms with Gasteiger partial charge in [-0.15, -0.1) is 0 Å². The summed E-state index contributed by atoms with van der Waals surface area (Å²) in [5, 5.41) is 3.06. The molecule has 0 aromatic carbocycles. The molecular weight excluding hydrogens is 200 g/mol. The second kappa shape index (κ2) is 4.68. The van der Waals surface area contributed by atoms with E-state index >= 15 is 0 Å². The Labute approximate surface area is 97.1 Å². The molecule has 1 aromatic rings. The summed E-state index contributed by atoms with van der Waals surface area (Å²) >= 11 is 0. The number of nitrogens with one attached hydrogen (secondary N) is 1. The molecule has 1 aromatic heterocycles. The number of aromatic nitrogens is 2. The van der Waals surface area contributed by atoms with E-state index in [1.54, 1.807) is 6.33 Å². The van der Waals surface area contributed by atoms with Crippen LogP contribution in [0, 0.1) is 0 Å². The van der Waals surface area contributed by atoms with Gasteiger partial charge in [-0.2, -0.15) is 0 Å². The summed E-state index contributed by atoms with van der Waals surface area (Å²) in [6.07, 6.45) is 5.46. The summed E-state index contributed by atoms with van der Waals surface area (Å²) in [6.45, 7) is 4.55. The number of rotatable bonds is 2. The molecule has 1 aliphatic heterocycles. The summed E-state index contributed by atoms with van der Waals surface area (Å²) in [7, 11) is 1.88. The van der Waals surface area contributed by atoms with Crippen LogP contribution in [0.15, 0.2) is 12.4 Å². The number of piperidine rings is 1. The highest BCUT2D eigenvalue weighted by atomic mass is 15.2. The lowest BCUT2D eigenvalue weighted by molar-refractivity contribution is 0.411. The first-order valence-corrected chi connectivity index (χ1v) is 6.00. The first-order chi connectivity index (χ1) is 7.72. The Hall–Kier alpha value is -1.32. The predicted octanol–water partition coefficient (Wildman–Crippen LogP) is 2.29. The van der Waals surface area contributed by atoms with Crippen molar-refractivity contribution in [2.75, 3.05) is 17.3 Å². The van der Waals surface area contributed by atoms with Gasteiger partial charge in [0.25, 0.3) is 0 Å². The van der Waals surface area contributed by atoms with Crippen molar-refractivity contribution in [3.05, 3.63) is 12.4 Å². The molecule has 0 amide bonds. The molecule has 4 heteroatoms. The summed E-state index contributed by atoms with van der Waals surface area (Å²) in [5.74, 6) is 1.93. The molecule has 88 valence electrons. The van der Waals surface area contributed by atoms with Crippen molar-refractivity contribution in [2.24, 2.45) is 0 Å². The molecule has 0 spiro atoms. The Morgan fingerprint density at radius 3 is 2.56 bits per heavy atom. The highest BCUT2D eigenvalue weighted by Gasteiger charge is 2.25. The van der Waals surface area contributed by atoms with Gasteiger partial charge in [0.05, 0.1) is 0 Å². The van der Waals surface area contributed by atoms with Gasteiger partial charge in [-0.3, -0.25) is 0 Å². The van der Waals surface area contributed by atoms with Gasteiger partial charge in [-0.05, 0) is 33.1 Å². The minimum absolute atomic E-state index is 0.573. The maximum Gasteiger partial charge on any atom is 0.134 e. The van der Waals surface area contributed by atoms with E-state index in [2.05, 4.69) is 34.0 Å². The van der Waals surface area contributed by atoms with E-state index in [-0.39, 0.29) is 0 Å². The predicted molar refractivity (Wildman–Crippen MR) is 66.8 cm³/mol. The molecule has 2 atom stereocenters. The van der Waals surface area contributed by atoms with Crippen LogP contribution in [0.4, 0.5) is 11.6 Å².